The zero-order valence-corrected chi connectivity index (χ0v) is 7.92. The number of halogens is 1. The number of aromatic nitrogens is 3. The summed E-state index contributed by atoms with van der Waals surface area (Å²) >= 11 is 3.18. The third-order valence-electron chi connectivity index (χ3n) is 1.77. The Labute approximate surface area is 76.3 Å². The molecule has 0 amide bonds. The molecule has 0 aliphatic heterocycles. The lowest BCUT2D eigenvalue weighted by atomic mass is 10.3. The van der Waals surface area contributed by atoms with E-state index >= 15 is 0 Å². The molecule has 0 radical (unpaired) electrons. The molecule has 4 nitrogen and oxygen atoms in total. The highest BCUT2D eigenvalue weighted by Gasteiger charge is 2.04. The van der Waals surface area contributed by atoms with Crippen molar-refractivity contribution in [1.82, 2.24) is 14.8 Å². The normalized spacial score (nSPS) is 10.8. The van der Waals surface area contributed by atoms with Gasteiger partial charge >= 0.3 is 0 Å². The second-order valence-electron chi connectivity index (χ2n) is 2.53. The van der Waals surface area contributed by atoms with E-state index in [1.54, 1.807) is 19.3 Å². The molecule has 0 aromatic carbocycles. The summed E-state index contributed by atoms with van der Waals surface area (Å²) in [5.41, 5.74) is 0.676. The van der Waals surface area contributed by atoms with Crippen molar-refractivity contribution in [2.45, 2.75) is 0 Å². The van der Waals surface area contributed by atoms with Gasteiger partial charge in [-0.3, -0.25) is 14.5 Å². The van der Waals surface area contributed by atoms with Crippen LogP contribution >= 0.6 is 15.9 Å². The first-order valence-corrected chi connectivity index (χ1v) is 4.18. The fraction of sp³-hybridized carbons (Fsp3) is 0.143. The molecule has 2 rings (SSSR count). The molecular formula is C7H6BrN3O. The maximum atomic E-state index is 11.3. The molecule has 2 aromatic heterocycles. The second kappa shape index (κ2) is 2.45. The van der Waals surface area contributed by atoms with Crippen LogP contribution < -0.4 is 5.56 Å². The number of H-pyrrole nitrogens is 1. The number of nitrogens with one attached hydrogen (secondary N) is 1. The first-order chi connectivity index (χ1) is 5.70. The minimum Gasteiger partial charge on any atom is -0.295 e. The van der Waals surface area contributed by atoms with Crippen LogP contribution in [0.25, 0.3) is 11.0 Å². The highest BCUT2D eigenvalue weighted by Crippen LogP contribution is 2.12. The van der Waals surface area contributed by atoms with Crippen molar-refractivity contribution in [3.63, 3.8) is 0 Å². The standard InChI is InChI=1S/C7H6BrN3O/c1-11-6-4(3-9-10-6)2-5(8)7(11)12/h2-3H,1H3,(H,9,10). The quantitative estimate of drug-likeness (QED) is 0.731. The number of aromatic amines is 1. The van der Waals surface area contributed by atoms with Crippen molar-refractivity contribution < 1.29 is 0 Å². The highest BCUT2D eigenvalue weighted by molar-refractivity contribution is 9.10. The van der Waals surface area contributed by atoms with Gasteiger partial charge in [0, 0.05) is 12.4 Å². The third kappa shape index (κ3) is 0.896. The van der Waals surface area contributed by atoms with Crippen molar-refractivity contribution in [1.29, 1.82) is 0 Å². The van der Waals surface area contributed by atoms with Crippen LogP contribution in [0.1, 0.15) is 0 Å². The summed E-state index contributed by atoms with van der Waals surface area (Å²) < 4.78 is 2.07. The number of nitrogens with zero attached hydrogens (tertiary/aromatic N) is 2. The smallest absolute Gasteiger partial charge is 0.266 e. The Bertz CT molecular complexity index is 485. The van der Waals surface area contributed by atoms with E-state index in [4.69, 9.17) is 0 Å². The zero-order valence-electron chi connectivity index (χ0n) is 6.34. The van der Waals surface area contributed by atoms with Gasteiger partial charge in [0.1, 0.15) is 5.65 Å². The van der Waals surface area contributed by atoms with Gasteiger partial charge in [0.2, 0.25) is 0 Å². The van der Waals surface area contributed by atoms with Crippen LogP contribution in [0.5, 0.6) is 0 Å². The molecule has 0 aliphatic rings. The average Bonchev–Trinajstić information content (AvgIpc) is 2.48. The molecule has 0 bridgehead atoms. The number of rotatable bonds is 0. The zero-order chi connectivity index (χ0) is 8.72. The monoisotopic (exact) mass is 227 g/mol. The van der Waals surface area contributed by atoms with Crippen LogP contribution in [0, 0.1) is 0 Å². The number of pyridine rings is 1. The minimum absolute atomic E-state index is 0.0632. The van der Waals surface area contributed by atoms with Gasteiger partial charge in [-0.2, -0.15) is 5.10 Å². The molecular weight excluding hydrogens is 222 g/mol. The first-order valence-electron chi connectivity index (χ1n) is 3.39. The summed E-state index contributed by atoms with van der Waals surface area (Å²) in [5.74, 6) is 0. The molecule has 1 N–H and O–H groups in total. The predicted octanol–water partition coefficient (Wildman–Crippen LogP) is 1.02. The minimum atomic E-state index is -0.0632. The van der Waals surface area contributed by atoms with Crippen LogP contribution in [0.4, 0.5) is 0 Å². The van der Waals surface area contributed by atoms with E-state index in [0.717, 1.165) is 11.0 Å². The van der Waals surface area contributed by atoms with Gasteiger partial charge in [-0.15, -0.1) is 0 Å². The Balaban J connectivity index is 3.05. The van der Waals surface area contributed by atoms with Gasteiger partial charge in [-0.25, -0.2) is 0 Å². The van der Waals surface area contributed by atoms with Crippen molar-refractivity contribution in [3.8, 4) is 0 Å². The van der Waals surface area contributed by atoms with Crippen molar-refractivity contribution in [2.75, 3.05) is 0 Å². The summed E-state index contributed by atoms with van der Waals surface area (Å²) in [6, 6.07) is 1.75. The van der Waals surface area contributed by atoms with Crippen molar-refractivity contribution in [2.24, 2.45) is 7.05 Å². The first kappa shape index (κ1) is 7.54. The third-order valence-corrected chi connectivity index (χ3v) is 2.34. The second-order valence-corrected chi connectivity index (χ2v) is 3.38. The van der Waals surface area contributed by atoms with Gasteiger partial charge in [0.15, 0.2) is 0 Å². The largest absolute Gasteiger partial charge is 0.295 e. The van der Waals surface area contributed by atoms with E-state index in [1.807, 2.05) is 0 Å². The molecule has 12 heavy (non-hydrogen) atoms. The average molecular weight is 228 g/mol. The molecule has 0 saturated carbocycles. The van der Waals surface area contributed by atoms with E-state index in [-0.39, 0.29) is 5.56 Å². The molecule has 0 fully saturated rings. The Morgan fingerprint density at radius 3 is 3.17 bits per heavy atom. The molecule has 5 heteroatoms. The predicted molar refractivity (Wildman–Crippen MR) is 49.0 cm³/mol. The van der Waals surface area contributed by atoms with Gasteiger partial charge in [-0.05, 0) is 22.0 Å². The fourth-order valence-corrected chi connectivity index (χ4v) is 1.64. The van der Waals surface area contributed by atoms with E-state index < -0.39 is 0 Å². The van der Waals surface area contributed by atoms with Crippen LogP contribution in [0.3, 0.4) is 0 Å². The van der Waals surface area contributed by atoms with Crippen LogP contribution in [-0.2, 0) is 7.05 Å². The lowest BCUT2D eigenvalue weighted by Crippen LogP contribution is -2.17. The molecule has 2 aromatic rings. The lowest BCUT2D eigenvalue weighted by Gasteiger charge is -1.98. The van der Waals surface area contributed by atoms with Crippen molar-refractivity contribution >= 4 is 27.0 Å². The Kier molecular flexibility index (Phi) is 1.54. The topological polar surface area (TPSA) is 50.7 Å². The molecule has 0 spiro atoms. The van der Waals surface area contributed by atoms with Crippen LogP contribution in [-0.4, -0.2) is 14.8 Å². The number of hydrogen-bond donors (Lipinski definition) is 1. The molecule has 0 unspecified atom stereocenters. The SMILES string of the molecule is Cn1c(=O)c(Br)cc2cn[nH]c21. The fourth-order valence-electron chi connectivity index (χ4n) is 1.12. The number of fused-ring (bicyclic) bond motifs is 1. The van der Waals surface area contributed by atoms with Crippen molar-refractivity contribution in [3.05, 3.63) is 27.1 Å². The van der Waals surface area contributed by atoms with E-state index in [2.05, 4.69) is 26.1 Å². The Morgan fingerprint density at radius 1 is 1.67 bits per heavy atom. The summed E-state index contributed by atoms with van der Waals surface area (Å²) in [5, 5.41) is 7.51. The van der Waals surface area contributed by atoms with E-state index in [0.29, 0.717) is 4.47 Å². The van der Waals surface area contributed by atoms with Gasteiger partial charge < -0.3 is 0 Å². The molecule has 0 saturated heterocycles. The Hall–Kier alpha value is -1.10. The van der Waals surface area contributed by atoms with Gasteiger partial charge in [0.25, 0.3) is 5.56 Å². The number of aryl methyl sites for hydroxylation is 1. The van der Waals surface area contributed by atoms with Gasteiger partial charge in [0.05, 0.1) is 10.7 Å². The molecule has 0 atom stereocenters. The van der Waals surface area contributed by atoms with Crippen LogP contribution in [0.2, 0.25) is 0 Å². The lowest BCUT2D eigenvalue weighted by molar-refractivity contribution is 0.873. The summed E-state index contributed by atoms with van der Waals surface area (Å²) in [6.07, 6.45) is 1.68. The summed E-state index contributed by atoms with van der Waals surface area (Å²) in [4.78, 5) is 11.3. The maximum absolute atomic E-state index is 11.3. The van der Waals surface area contributed by atoms with E-state index in [1.165, 1.54) is 4.57 Å². The molecule has 2 heterocycles. The summed E-state index contributed by atoms with van der Waals surface area (Å²) in [6.45, 7) is 0. The maximum Gasteiger partial charge on any atom is 0.266 e. The molecule has 0 aliphatic carbocycles. The van der Waals surface area contributed by atoms with Crippen LogP contribution in [0.15, 0.2) is 21.5 Å². The van der Waals surface area contributed by atoms with E-state index in [9.17, 15) is 4.79 Å². The Morgan fingerprint density at radius 2 is 2.42 bits per heavy atom. The van der Waals surface area contributed by atoms with Gasteiger partial charge in [-0.1, -0.05) is 0 Å². The number of hydrogen-bond acceptors (Lipinski definition) is 2. The highest BCUT2D eigenvalue weighted by atomic mass is 79.9. The molecule has 62 valence electrons. The summed E-state index contributed by atoms with van der Waals surface area (Å²) in [7, 11) is 1.70.